The smallest absolute Gasteiger partial charge is 0.317 e. The maximum absolute atomic E-state index is 11.3. The van der Waals surface area contributed by atoms with Gasteiger partial charge in [-0.05, 0) is 0 Å². The molecule has 21 aliphatic rings. The molecule has 0 radical (unpaired) electrons. The molecule has 82 heavy (non-hydrogen) atoms. The highest BCUT2D eigenvalue weighted by molar-refractivity contribution is 5.68. The third-order valence-electron chi connectivity index (χ3n) is 15.0. The van der Waals surface area contributed by atoms with Gasteiger partial charge in [0.1, 0.15) is 171 Å². The van der Waals surface area contributed by atoms with E-state index in [4.69, 9.17) is 71.4 Å². The summed E-state index contributed by atoms with van der Waals surface area (Å²) in [6, 6.07) is 0. The second kappa shape index (κ2) is 29.4. The number of carboxylic acids is 1. The summed E-state index contributed by atoms with van der Waals surface area (Å²) in [5.41, 5.74) is 4.57. The molecular weight excluding hydrogens is 1130 g/mol. The second-order valence-corrected chi connectivity index (χ2v) is 20.2. The first-order chi connectivity index (χ1) is 38.9. The van der Waals surface area contributed by atoms with E-state index in [0.717, 1.165) is 0 Å². The Bertz CT molecular complexity index is 1590. The first kappa shape index (κ1) is 67.5. The number of aliphatic hydroxyl groups excluding tert-OH is 21. The van der Waals surface area contributed by atoms with Gasteiger partial charge in [-0.2, -0.15) is 0 Å². The van der Waals surface area contributed by atoms with E-state index in [9.17, 15) is 112 Å². The topological polar surface area (TPSA) is 617 Å². The second-order valence-electron chi connectivity index (χ2n) is 20.2. The van der Waals surface area contributed by atoms with E-state index in [1.54, 1.807) is 0 Å². The molecule has 0 aromatic heterocycles. The van der Waals surface area contributed by atoms with Crippen LogP contribution in [0.15, 0.2) is 0 Å². The fraction of sp³-hybridized carbons (Fsp3) is 0.977. The number of carboxylic acid groups (broad SMARTS) is 1. The molecule has 0 aliphatic carbocycles. The summed E-state index contributed by atoms with van der Waals surface area (Å²) >= 11 is 0. The van der Waals surface area contributed by atoms with Crippen molar-refractivity contribution >= 4 is 5.97 Å². The molecule has 0 spiro atoms. The fourth-order valence-electron chi connectivity index (χ4n) is 10.4. The number of rotatable bonds is 8. The van der Waals surface area contributed by atoms with Crippen molar-refractivity contribution in [2.45, 2.75) is 215 Å². The summed E-state index contributed by atoms with van der Waals surface area (Å²) in [4.78, 5) is 9.24. The third-order valence-corrected chi connectivity index (χ3v) is 15.0. The van der Waals surface area contributed by atoms with Gasteiger partial charge in [-0.3, -0.25) is 4.79 Å². The van der Waals surface area contributed by atoms with Crippen molar-refractivity contribution in [3.05, 3.63) is 0 Å². The van der Waals surface area contributed by atoms with Gasteiger partial charge >= 0.3 is 5.97 Å². The Morgan fingerprint density at radius 3 is 0.439 bits per heavy atom. The summed E-state index contributed by atoms with van der Waals surface area (Å²) in [6.07, 6.45) is -70.2. The van der Waals surface area contributed by atoms with Crippen LogP contribution in [0.25, 0.3) is 0 Å². The van der Waals surface area contributed by atoms with Crippen molar-refractivity contribution in [1.29, 1.82) is 0 Å². The number of hydrogen-bond acceptors (Lipinski definition) is 37. The van der Waals surface area contributed by atoms with Crippen molar-refractivity contribution in [3.8, 4) is 0 Å². The van der Waals surface area contributed by atoms with Gasteiger partial charge in [0.05, 0.1) is 52.8 Å². The van der Waals surface area contributed by atoms with Crippen LogP contribution in [0.5, 0.6) is 0 Å². The first-order valence-corrected chi connectivity index (χ1v) is 25.8. The standard InChI is InChI=1S/C42H70O35.C2H5NO2/c43-1-8-29-15(50)22(57)36(64-8)72-30-9(2-44)66-38(24(59)17(30)52)74-32-11(4-46)68-40(26(61)19(32)54)76-34-13(6-48)70-42(28(63)21(34)56)77-35-14(7-49)69-41(27(62)20(35)55)75-33-12(5-47)67-39(25(60)18(33)53)73-31-10(3-45)65-37(71-29)23(58)16(31)51;3-1-2(4)5/h8-63H,1-7H2;1,3H2,(H,4,5)/t8-,9-,10-,11-,12-,13-,14-,15-,16-,17-,18-,19-,20-,21-,22-,23-,24-,25-,26-,27-,28-,29-,30-,31-,32-,33-,34-,35-,36-,37-,38-,39-,40-,41-,42-;/m1./s1. The van der Waals surface area contributed by atoms with E-state index in [1.807, 2.05) is 0 Å². The van der Waals surface area contributed by atoms with Crippen molar-refractivity contribution in [2.24, 2.45) is 5.73 Å². The SMILES string of the molecule is NCC(=O)O.OC[C@H]1O[C@@H]2O[C@H]3[C@H](O)[C@@H](O)[C@@H](O[C@H]4[C@H](O)[C@@H](O)[C@@H](O[C@H]5[C@H](O)[C@@H](O)[C@@H](O[C@H]6[C@H](O)[C@@H](O)[C@@H](O[C@H]7[C@H](O)[C@@H](O)[C@@H](O[C@H]8[C@H](O)[C@@H](O)[C@@H](O[C@H]1[C@H](O)[C@H]2O)O[C@@H]8CO)O[C@@H]7CO)O[C@@H]6CO)O[C@@H]5CO)O[C@@H]4CO)O[C@@H]3CO. The van der Waals surface area contributed by atoms with Gasteiger partial charge in [0.15, 0.2) is 44.0 Å². The van der Waals surface area contributed by atoms with Gasteiger partial charge in [0.25, 0.3) is 0 Å². The Hall–Kier alpha value is -1.97. The molecule has 35 atom stereocenters. The maximum Gasteiger partial charge on any atom is 0.317 e. The van der Waals surface area contributed by atoms with Crippen LogP contribution >= 0.6 is 0 Å². The van der Waals surface area contributed by atoms with Crippen LogP contribution < -0.4 is 5.73 Å². The quantitative estimate of drug-likeness (QED) is 0.107. The molecule has 21 fully saturated rings. The average molecular weight is 1210 g/mol. The number of aliphatic carboxylic acids is 1. The van der Waals surface area contributed by atoms with Gasteiger partial charge in [-0.1, -0.05) is 0 Å². The lowest BCUT2D eigenvalue weighted by Crippen LogP contribution is -2.68. The Kier molecular flexibility index (Phi) is 24.2. The molecule has 21 heterocycles. The van der Waals surface area contributed by atoms with Crippen molar-refractivity contribution in [1.82, 2.24) is 0 Å². The molecule has 14 bridgehead atoms. The average Bonchev–Trinajstić information content (AvgIpc) is 3.30. The van der Waals surface area contributed by atoms with E-state index < -0.39 is 267 Å². The fourth-order valence-corrected chi connectivity index (χ4v) is 10.4. The lowest BCUT2D eigenvalue weighted by atomic mass is 9.95. The largest absolute Gasteiger partial charge is 0.480 e. The van der Waals surface area contributed by atoms with Crippen LogP contribution in [0.3, 0.4) is 0 Å². The molecule has 0 aromatic carbocycles. The van der Waals surface area contributed by atoms with Crippen LogP contribution in [0.1, 0.15) is 0 Å². The van der Waals surface area contributed by atoms with Crippen LogP contribution in [0.4, 0.5) is 0 Å². The predicted molar refractivity (Wildman–Crippen MR) is 245 cm³/mol. The number of carbonyl (C=O) groups is 1. The Balaban J connectivity index is 0.00000185. The van der Waals surface area contributed by atoms with Gasteiger partial charge in [-0.25, -0.2) is 0 Å². The lowest BCUT2D eigenvalue weighted by Gasteiger charge is -2.50. The third kappa shape index (κ3) is 14.0. The maximum atomic E-state index is 11.3. The Morgan fingerprint density at radius 2 is 0.354 bits per heavy atom. The van der Waals surface area contributed by atoms with Gasteiger partial charge in [0, 0.05) is 0 Å². The van der Waals surface area contributed by atoms with Crippen LogP contribution in [0, 0.1) is 0 Å². The normalized spacial score (nSPS) is 52.4. The van der Waals surface area contributed by atoms with Crippen molar-refractivity contribution in [3.63, 3.8) is 0 Å². The molecule has 24 N–H and O–H groups in total. The molecule has 38 nitrogen and oxygen atoms in total. The minimum Gasteiger partial charge on any atom is -0.480 e. The summed E-state index contributed by atoms with van der Waals surface area (Å²) in [5.74, 6) is -0.968. The molecule has 21 aliphatic heterocycles. The minimum absolute atomic E-state index is 0.278. The highest BCUT2D eigenvalue weighted by atomic mass is 16.8. The van der Waals surface area contributed by atoms with Crippen LogP contribution in [0.2, 0.25) is 0 Å². The molecule has 38 heteroatoms. The summed E-state index contributed by atoms with van der Waals surface area (Å²) in [5, 5.41) is 238. The number of nitrogens with two attached hydrogens (primary N) is 1. The van der Waals surface area contributed by atoms with E-state index in [-0.39, 0.29) is 6.54 Å². The summed E-state index contributed by atoms with van der Waals surface area (Å²) < 4.78 is 79.5. The molecule has 478 valence electrons. The molecule has 0 unspecified atom stereocenters. The molecule has 21 saturated heterocycles. The van der Waals surface area contributed by atoms with E-state index >= 15 is 0 Å². The predicted octanol–water partition coefficient (Wildman–Crippen LogP) is -16.2. The first-order valence-electron chi connectivity index (χ1n) is 25.8. The molecule has 21 rings (SSSR count). The minimum atomic E-state index is -2.21. The lowest BCUT2D eigenvalue weighted by molar-refractivity contribution is -0.396. The highest BCUT2D eigenvalue weighted by Gasteiger charge is 2.59. The monoisotopic (exact) mass is 1210 g/mol. The summed E-state index contributed by atoms with van der Waals surface area (Å²) in [6.45, 7) is -7.61. The Morgan fingerprint density at radius 1 is 0.244 bits per heavy atom. The zero-order chi connectivity index (χ0) is 60.3. The highest BCUT2D eigenvalue weighted by Crippen LogP contribution is 2.39. The molecular formula is C44H75NO37. The van der Waals surface area contributed by atoms with Gasteiger partial charge in [0.2, 0.25) is 0 Å². The van der Waals surface area contributed by atoms with Gasteiger partial charge in [-0.15, -0.1) is 0 Å². The number of ether oxygens (including phenoxy) is 14. The van der Waals surface area contributed by atoms with Crippen molar-refractivity contribution < 1.29 is 183 Å². The molecule has 0 aromatic rings. The summed E-state index contributed by atoms with van der Waals surface area (Å²) in [7, 11) is 0. The van der Waals surface area contributed by atoms with Crippen LogP contribution in [-0.4, -0.2) is 386 Å². The van der Waals surface area contributed by atoms with E-state index in [0.29, 0.717) is 0 Å². The van der Waals surface area contributed by atoms with E-state index in [2.05, 4.69) is 5.73 Å². The zero-order valence-electron chi connectivity index (χ0n) is 42.9. The van der Waals surface area contributed by atoms with E-state index in [1.165, 1.54) is 0 Å². The number of aliphatic hydroxyl groups is 21. The molecule has 0 amide bonds. The number of hydrogen-bond donors (Lipinski definition) is 23. The Labute approximate surface area is 462 Å². The zero-order valence-corrected chi connectivity index (χ0v) is 42.9. The van der Waals surface area contributed by atoms with Gasteiger partial charge < -0.3 is 184 Å². The molecule has 0 saturated carbocycles. The van der Waals surface area contributed by atoms with Crippen LogP contribution in [-0.2, 0) is 71.1 Å². The van der Waals surface area contributed by atoms with Crippen molar-refractivity contribution in [2.75, 3.05) is 52.8 Å².